The largest absolute Gasteiger partial charge is 0.497 e. The molecule has 3 aromatic rings. The predicted octanol–water partition coefficient (Wildman–Crippen LogP) is 1.87. The molecule has 0 radical (unpaired) electrons. The van der Waals surface area contributed by atoms with Crippen LogP contribution < -0.4 is 9.64 Å². The van der Waals surface area contributed by atoms with Crippen LogP contribution in [0.25, 0.3) is 5.65 Å². The molecule has 1 atom stereocenters. The molecule has 2 aromatic heterocycles. The summed E-state index contributed by atoms with van der Waals surface area (Å²) in [5.41, 5.74) is 1.93. The highest BCUT2D eigenvalue weighted by molar-refractivity contribution is 5.48. The van der Waals surface area contributed by atoms with E-state index in [4.69, 9.17) is 4.74 Å². The summed E-state index contributed by atoms with van der Waals surface area (Å²) in [5, 5.41) is 15.9. The lowest BCUT2D eigenvalue weighted by atomic mass is 10.0. The van der Waals surface area contributed by atoms with Crippen LogP contribution in [0.4, 0.5) is 5.82 Å². The number of tetrazole rings is 1. The number of benzene rings is 1. The Hall–Kier alpha value is -2.70. The van der Waals surface area contributed by atoms with Crippen LogP contribution >= 0.6 is 0 Å². The molecule has 0 aliphatic carbocycles. The number of hydrogen-bond acceptors (Lipinski definition) is 6. The van der Waals surface area contributed by atoms with Crippen molar-refractivity contribution in [1.29, 1.82) is 0 Å². The zero-order valence-corrected chi connectivity index (χ0v) is 12.3. The molecule has 0 saturated carbocycles. The van der Waals surface area contributed by atoms with E-state index in [2.05, 4.69) is 37.7 Å². The first-order chi connectivity index (χ1) is 10.8. The Morgan fingerprint density at radius 2 is 2.00 bits per heavy atom. The van der Waals surface area contributed by atoms with Crippen LogP contribution in [0.3, 0.4) is 0 Å². The molecular weight excluding hydrogens is 280 g/mol. The summed E-state index contributed by atoms with van der Waals surface area (Å²) >= 11 is 0. The van der Waals surface area contributed by atoms with E-state index in [1.54, 1.807) is 7.11 Å². The Morgan fingerprint density at radius 1 is 1.14 bits per heavy atom. The lowest BCUT2D eigenvalue weighted by Gasteiger charge is -2.25. The van der Waals surface area contributed by atoms with Crippen molar-refractivity contribution in [3.05, 3.63) is 42.0 Å². The number of methoxy groups -OCH3 is 1. The monoisotopic (exact) mass is 296 g/mol. The van der Waals surface area contributed by atoms with Crippen LogP contribution in [0.15, 0.2) is 36.4 Å². The smallest absolute Gasteiger partial charge is 0.200 e. The van der Waals surface area contributed by atoms with E-state index >= 15 is 0 Å². The Kier molecular flexibility index (Phi) is 3.10. The highest BCUT2D eigenvalue weighted by atomic mass is 16.5. The van der Waals surface area contributed by atoms with Gasteiger partial charge < -0.3 is 9.64 Å². The summed E-state index contributed by atoms with van der Waals surface area (Å²) < 4.78 is 6.70. The van der Waals surface area contributed by atoms with Gasteiger partial charge in [-0.2, -0.15) is 0 Å². The molecule has 4 rings (SSSR count). The molecule has 7 nitrogen and oxygen atoms in total. The molecule has 0 N–H and O–H groups in total. The van der Waals surface area contributed by atoms with Gasteiger partial charge in [0.1, 0.15) is 5.75 Å². The number of aromatic nitrogens is 5. The number of ether oxygens (including phenoxy) is 1. The van der Waals surface area contributed by atoms with Crippen molar-refractivity contribution in [1.82, 2.24) is 25.3 Å². The molecule has 1 fully saturated rings. The first-order valence-electron chi connectivity index (χ1n) is 7.31. The van der Waals surface area contributed by atoms with Crippen LogP contribution in [0.2, 0.25) is 0 Å². The number of fused-ring (bicyclic) bond motifs is 1. The Labute approximate surface area is 127 Å². The average molecular weight is 296 g/mol. The van der Waals surface area contributed by atoms with Gasteiger partial charge in [0.25, 0.3) is 0 Å². The first kappa shape index (κ1) is 13.0. The fourth-order valence-electron chi connectivity index (χ4n) is 3.01. The highest BCUT2D eigenvalue weighted by Crippen LogP contribution is 2.35. The van der Waals surface area contributed by atoms with Crippen molar-refractivity contribution in [2.75, 3.05) is 18.6 Å². The van der Waals surface area contributed by atoms with E-state index in [-0.39, 0.29) is 0 Å². The average Bonchev–Trinajstić information content (AvgIpc) is 3.23. The van der Waals surface area contributed by atoms with Crippen LogP contribution in [-0.4, -0.2) is 38.9 Å². The third-order valence-corrected chi connectivity index (χ3v) is 4.10. The van der Waals surface area contributed by atoms with Crippen molar-refractivity contribution in [2.24, 2.45) is 0 Å². The van der Waals surface area contributed by atoms with Gasteiger partial charge in [-0.15, -0.1) is 14.8 Å². The van der Waals surface area contributed by atoms with Crippen LogP contribution in [0.1, 0.15) is 24.4 Å². The van der Waals surface area contributed by atoms with E-state index in [9.17, 15) is 0 Å². The SMILES string of the molecule is COc1ccc(C2CCCN2c2ccc3nnnn3n2)cc1. The van der Waals surface area contributed by atoms with Gasteiger partial charge in [0.05, 0.1) is 13.2 Å². The number of rotatable bonds is 3. The van der Waals surface area contributed by atoms with Crippen molar-refractivity contribution < 1.29 is 4.74 Å². The van der Waals surface area contributed by atoms with E-state index in [1.807, 2.05) is 24.3 Å². The number of hydrogen-bond donors (Lipinski definition) is 0. The predicted molar refractivity (Wildman–Crippen MR) is 80.9 cm³/mol. The summed E-state index contributed by atoms with van der Waals surface area (Å²) in [6.45, 7) is 0.983. The van der Waals surface area contributed by atoms with Crippen LogP contribution in [0.5, 0.6) is 5.75 Å². The Morgan fingerprint density at radius 3 is 2.82 bits per heavy atom. The van der Waals surface area contributed by atoms with Crippen molar-refractivity contribution in [3.8, 4) is 5.75 Å². The Bertz CT molecular complexity index is 784. The summed E-state index contributed by atoms with van der Waals surface area (Å²) in [4.78, 5) is 2.31. The molecule has 1 unspecified atom stereocenters. The van der Waals surface area contributed by atoms with Crippen molar-refractivity contribution >= 4 is 11.5 Å². The lowest BCUT2D eigenvalue weighted by Crippen LogP contribution is -2.24. The van der Waals surface area contributed by atoms with Crippen molar-refractivity contribution in [3.63, 3.8) is 0 Å². The number of anilines is 1. The molecule has 0 spiro atoms. The van der Waals surface area contributed by atoms with E-state index in [0.29, 0.717) is 11.7 Å². The van der Waals surface area contributed by atoms with Crippen LogP contribution in [0, 0.1) is 0 Å². The molecule has 112 valence electrons. The molecule has 1 aliphatic rings. The third-order valence-electron chi connectivity index (χ3n) is 4.10. The van der Waals surface area contributed by atoms with Crippen molar-refractivity contribution in [2.45, 2.75) is 18.9 Å². The standard InChI is InChI=1S/C15H16N6O/c1-22-12-6-4-11(5-7-12)13-3-2-10-20(13)15-9-8-14-16-18-19-21(14)17-15/h4-9,13H,2-3,10H2,1H3. The maximum Gasteiger partial charge on any atom is 0.200 e. The van der Waals surface area contributed by atoms with Gasteiger partial charge in [-0.25, -0.2) is 0 Å². The minimum atomic E-state index is 0.326. The zero-order valence-electron chi connectivity index (χ0n) is 12.3. The second-order valence-electron chi connectivity index (χ2n) is 5.34. The molecule has 3 heterocycles. The molecule has 0 amide bonds. The lowest BCUT2D eigenvalue weighted by molar-refractivity contribution is 0.414. The van der Waals surface area contributed by atoms with Crippen LogP contribution in [-0.2, 0) is 0 Å². The summed E-state index contributed by atoms with van der Waals surface area (Å²) in [5.74, 6) is 1.78. The minimum Gasteiger partial charge on any atom is -0.497 e. The van der Waals surface area contributed by atoms with E-state index in [0.717, 1.165) is 31.0 Å². The summed E-state index contributed by atoms with van der Waals surface area (Å²) in [7, 11) is 1.68. The van der Waals surface area contributed by atoms with Gasteiger partial charge in [-0.1, -0.05) is 12.1 Å². The molecule has 1 aromatic carbocycles. The third kappa shape index (κ3) is 2.14. The topological polar surface area (TPSA) is 68.4 Å². The molecule has 7 heteroatoms. The second-order valence-corrected chi connectivity index (χ2v) is 5.34. The van der Waals surface area contributed by atoms with Gasteiger partial charge in [0, 0.05) is 6.54 Å². The maximum atomic E-state index is 5.23. The van der Waals surface area contributed by atoms with Gasteiger partial charge >= 0.3 is 0 Å². The summed E-state index contributed by atoms with van der Waals surface area (Å²) in [6, 6.07) is 12.5. The zero-order chi connectivity index (χ0) is 14.9. The Balaban J connectivity index is 1.67. The summed E-state index contributed by atoms with van der Waals surface area (Å²) in [6.07, 6.45) is 2.26. The normalized spacial score (nSPS) is 18.0. The highest BCUT2D eigenvalue weighted by Gasteiger charge is 2.27. The second kappa shape index (κ2) is 5.25. The number of nitrogens with zero attached hydrogens (tertiary/aromatic N) is 6. The quantitative estimate of drug-likeness (QED) is 0.735. The molecule has 22 heavy (non-hydrogen) atoms. The maximum absolute atomic E-state index is 5.23. The molecule has 0 bridgehead atoms. The fourth-order valence-corrected chi connectivity index (χ4v) is 3.01. The fraction of sp³-hybridized carbons (Fsp3) is 0.333. The van der Waals surface area contributed by atoms with Gasteiger partial charge in [-0.05, 0) is 53.1 Å². The molecule has 1 saturated heterocycles. The molecular formula is C15H16N6O. The minimum absolute atomic E-state index is 0.326. The molecule has 1 aliphatic heterocycles. The van der Waals surface area contributed by atoms with Gasteiger partial charge in [-0.3, -0.25) is 0 Å². The van der Waals surface area contributed by atoms with Gasteiger partial charge in [0.2, 0.25) is 0 Å². The van der Waals surface area contributed by atoms with E-state index < -0.39 is 0 Å². The van der Waals surface area contributed by atoms with E-state index in [1.165, 1.54) is 10.2 Å². The van der Waals surface area contributed by atoms with Gasteiger partial charge in [0.15, 0.2) is 11.5 Å². The first-order valence-corrected chi connectivity index (χ1v) is 7.31.